The molecule has 1 heterocycles. The molecule has 0 aliphatic heterocycles. The van der Waals surface area contributed by atoms with Crippen LogP contribution in [0, 0.1) is 0 Å². The molecule has 0 unspecified atom stereocenters. The fraction of sp³-hybridized carbons (Fsp3) is 0. The molecule has 0 fully saturated rings. The fourth-order valence-electron chi connectivity index (χ4n) is 7.16. The van der Waals surface area contributed by atoms with E-state index >= 15 is 0 Å². The van der Waals surface area contributed by atoms with E-state index < -0.39 is 24.2 Å². The zero-order valence-electron chi connectivity index (χ0n) is 34.1. The highest BCUT2D eigenvalue weighted by Crippen LogP contribution is 2.47. The molecule has 0 bridgehead atoms. The van der Waals surface area contributed by atoms with Gasteiger partial charge in [0, 0.05) is 10.8 Å². The molecular weight excluding hydrogens is 593 g/mol. The van der Waals surface area contributed by atoms with E-state index in [1.165, 1.54) is 0 Å². The van der Waals surface area contributed by atoms with Crippen molar-refractivity contribution in [3.63, 3.8) is 0 Å². The molecule has 1 aromatic heterocycles. The normalized spacial score (nSPS) is 14.0. The minimum Gasteiger partial charge on any atom is -0.456 e. The van der Waals surface area contributed by atoms with Crippen LogP contribution < -0.4 is 0 Å². The molecule has 0 atom stereocenters. The van der Waals surface area contributed by atoms with Gasteiger partial charge in [0.1, 0.15) is 11.2 Å². The van der Waals surface area contributed by atoms with Crippen LogP contribution >= 0.6 is 0 Å². The van der Waals surface area contributed by atoms with Crippen molar-refractivity contribution in [3.8, 4) is 44.5 Å². The van der Waals surface area contributed by atoms with Gasteiger partial charge in [-0.15, -0.1) is 0 Å². The van der Waals surface area contributed by atoms with Crippen molar-refractivity contribution >= 4 is 54.3 Å². The maximum Gasteiger partial charge on any atom is 0.136 e. The third kappa shape index (κ3) is 4.47. The van der Waals surface area contributed by atoms with Crippen molar-refractivity contribution in [1.29, 1.82) is 0 Å². The van der Waals surface area contributed by atoms with Crippen LogP contribution in [-0.4, -0.2) is 0 Å². The lowest BCUT2D eigenvalue weighted by molar-refractivity contribution is 0.669. The van der Waals surface area contributed by atoms with E-state index in [0.29, 0.717) is 11.1 Å². The van der Waals surface area contributed by atoms with Gasteiger partial charge in [-0.2, -0.15) is 0 Å². The first kappa shape index (κ1) is 20.7. The number of fused-ring (bicyclic) bond motifs is 6. The Bertz CT molecular complexity index is 3220. The Labute approximate surface area is 295 Å². The molecule has 10 aromatic rings. The fourth-order valence-corrected chi connectivity index (χ4v) is 7.16. The standard InChI is InChI=1S/C48H30O/c1-2-11-31(12-3-1)32-21-23-33(24-22-32)34-25-27-35(28-26-34)46-38-15-6-8-17-40(38)47(41-18-9-7-16-39(41)46)42-19-10-20-44-48(42)43-29-36-13-4-5-14-37(36)30-45(43)49-44/h1-30H/i21D,22D,23D,24D,25D,26D,27D,28D. The first-order valence-electron chi connectivity index (χ1n) is 20.2. The van der Waals surface area contributed by atoms with Crippen LogP contribution in [0.3, 0.4) is 0 Å². The molecule has 9 aromatic carbocycles. The van der Waals surface area contributed by atoms with Crippen molar-refractivity contribution in [1.82, 2.24) is 0 Å². The number of furan rings is 1. The second-order valence-corrected chi connectivity index (χ2v) is 12.2. The topological polar surface area (TPSA) is 13.1 Å². The van der Waals surface area contributed by atoms with Crippen LogP contribution in [0.15, 0.2) is 186 Å². The van der Waals surface area contributed by atoms with Gasteiger partial charge >= 0.3 is 0 Å². The van der Waals surface area contributed by atoms with Gasteiger partial charge in [-0.25, -0.2) is 0 Å². The van der Waals surface area contributed by atoms with Crippen LogP contribution in [0.25, 0.3) is 98.8 Å². The second kappa shape index (κ2) is 11.1. The molecule has 0 radical (unpaired) electrons. The summed E-state index contributed by atoms with van der Waals surface area (Å²) < 4.78 is 79.8. The molecule has 1 nitrogen and oxygen atoms in total. The summed E-state index contributed by atoms with van der Waals surface area (Å²) in [6.07, 6.45) is 0. The average molecular weight is 631 g/mol. The summed E-state index contributed by atoms with van der Waals surface area (Å²) in [6.45, 7) is 0. The Balaban J connectivity index is 1.26. The van der Waals surface area contributed by atoms with Crippen LogP contribution in [0.5, 0.6) is 0 Å². The Morgan fingerprint density at radius 3 is 1.45 bits per heavy atom. The summed E-state index contributed by atoms with van der Waals surface area (Å²) in [5, 5.41) is 7.29. The molecule has 0 aliphatic carbocycles. The van der Waals surface area contributed by atoms with Gasteiger partial charge in [0.15, 0.2) is 0 Å². The van der Waals surface area contributed by atoms with Gasteiger partial charge < -0.3 is 4.42 Å². The molecule has 0 saturated heterocycles. The SMILES string of the molecule is [2H]c1c([2H])c(-c2c([2H])c([2H])c(-c3c4ccccc4c(-c4cccc5oc6cc7ccccc7cc6c45)c4ccccc34)c([2H])c2[2H])c([2H])c([2H])c1-c1ccccc1. The van der Waals surface area contributed by atoms with Crippen molar-refractivity contribution in [2.75, 3.05) is 0 Å². The number of hydrogen-bond acceptors (Lipinski definition) is 1. The molecule has 1 heteroatoms. The van der Waals surface area contributed by atoms with Crippen LogP contribution in [0.1, 0.15) is 11.0 Å². The summed E-state index contributed by atoms with van der Waals surface area (Å²) in [7, 11) is 0. The average Bonchev–Trinajstić information content (AvgIpc) is 3.60. The highest BCUT2D eigenvalue weighted by atomic mass is 16.3. The minimum absolute atomic E-state index is 0.0855. The third-order valence-corrected chi connectivity index (χ3v) is 9.38. The van der Waals surface area contributed by atoms with E-state index in [1.54, 1.807) is 30.3 Å². The van der Waals surface area contributed by atoms with Gasteiger partial charge in [-0.05, 0) is 95.0 Å². The molecule has 0 N–H and O–H groups in total. The van der Waals surface area contributed by atoms with Crippen LogP contribution in [0.4, 0.5) is 0 Å². The van der Waals surface area contributed by atoms with Gasteiger partial charge in [0.2, 0.25) is 0 Å². The smallest absolute Gasteiger partial charge is 0.136 e. The summed E-state index contributed by atoms with van der Waals surface area (Å²) in [6, 6.07) is 39.7. The molecule has 0 spiro atoms. The van der Waals surface area contributed by atoms with E-state index in [0.717, 1.165) is 65.4 Å². The molecule has 228 valence electrons. The zero-order chi connectivity index (χ0) is 39.3. The number of hydrogen-bond donors (Lipinski definition) is 0. The number of rotatable bonds is 4. The van der Waals surface area contributed by atoms with E-state index in [-0.39, 0.29) is 46.4 Å². The highest BCUT2D eigenvalue weighted by Gasteiger charge is 2.20. The Kier molecular flexibility index (Phi) is 4.69. The van der Waals surface area contributed by atoms with Gasteiger partial charge in [-0.3, -0.25) is 0 Å². The van der Waals surface area contributed by atoms with Crippen LogP contribution in [0.2, 0.25) is 0 Å². The van der Waals surface area contributed by atoms with E-state index in [9.17, 15) is 5.48 Å². The first-order chi connectivity index (χ1) is 27.7. The maximum absolute atomic E-state index is 9.48. The van der Waals surface area contributed by atoms with Crippen molar-refractivity contribution in [2.24, 2.45) is 0 Å². The summed E-state index contributed by atoms with van der Waals surface area (Å²) in [5.41, 5.74) is 4.10. The molecule has 0 amide bonds. The first-order valence-corrected chi connectivity index (χ1v) is 16.2. The molecule has 0 aliphatic rings. The van der Waals surface area contributed by atoms with E-state index in [2.05, 4.69) is 30.3 Å². The highest BCUT2D eigenvalue weighted by molar-refractivity contribution is 6.26. The summed E-state index contributed by atoms with van der Waals surface area (Å²) in [5.74, 6) is 0. The quantitative estimate of drug-likeness (QED) is 0.176. The monoisotopic (exact) mass is 630 g/mol. The minimum atomic E-state index is -0.446. The number of benzene rings is 9. The lowest BCUT2D eigenvalue weighted by Crippen LogP contribution is -1.91. The van der Waals surface area contributed by atoms with Crippen LogP contribution in [-0.2, 0) is 0 Å². The third-order valence-electron chi connectivity index (χ3n) is 9.38. The molecule has 10 rings (SSSR count). The largest absolute Gasteiger partial charge is 0.456 e. The Hall–Kier alpha value is -6.44. The van der Waals surface area contributed by atoms with E-state index in [1.807, 2.05) is 72.8 Å². The Morgan fingerprint density at radius 1 is 0.347 bits per heavy atom. The second-order valence-electron chi connectivity index (χ2n) is 12.2. The lowest BCUT2D eigenvalue weighted by atomic mass is 9.84. The summed E-state index contributed by atoms with van der Waals surface area (Å²) >= 11 is 0. The zero-order valence-corrected chi connectivity index (χ0v) is 26.1. The predicted octanol–water partition coefficient (Wildman–Crippen LogP) is 13.7. The van der Waals surface area contributed by atoms with Crippen molar-refractivity contribution in [3.05, 3.63) is 182 Å². The van der Waals surface area contributed by atoms with E-state index in [4.69, 9.17) is 9.90 Å². The van der Waals surface area contributed by atoms with Gasteiger partial charge in [-0.1, -0.05) is 164 Å². The van der Waals surface area contributed by atoms with Crippen molar-refractivity contribution < 1.29 is 15.4 Å². The summed E-state index contributed by atoms with van der Waals surface area (Å²) in [4.78, 5) is 0. The van der Waals surface area contributed by atoms with Crippen molar-refractivity contribution in [2.45, 2.75) is 0 Å². The lowest BCUT2D eigenvalue weighted by Gasteiger charge is -2.18. The predicted molar refractivity (Wildman–Crippen MR) is 208 cm³/mol. The molecular formula is C48H30O. The molecule has 49 heavy (non-hydrogen) atoms. The van der Waals surface area contributed by atoms with Gasteiger partial charge in [0.25, 0.3) is 0 Å². The Morgan fingerprint density at radius 2 is 0.837 bits per heavy atom. The van der Waals surface area contributed by atoms with Gasteiger partial charge in [0.05, 0.1) is 11.0 Å². The maximum atomic E-state index is 9.48. The molecule has 0 saturated carbocycles.